The lowest BCUT2D eigenvalue weighted by Gasteiger charge is -2.40. The van der Waals surface area contributed by atoms with Gasteiger partial charge in [0.25, 0.3) is 15.9 Å². The molecule has 0 saturated carbocycles. The molecule has 2 amide bonds. The summed E-state index contributed by atoms with van der Waals surface area (Å²) in [6.07, 6.45) is 0.740. The number of H-pyrrole nitrogens is 2. The SMILES string of the molecule is COC(=O)N=C(N)c1ccc2[nH]c(S(=O)(=O)N3CCN(C(=O)c4nc5c(s4)CNC(C)C5)C(CCc4nn[nH]n4)C3)cc2c1. The summed E-state index contributed by atoms with van der Waals surface area (Å²) in [5, 5.41) is 18.4. The molecule has 44 heavy (non-hydrogen) atoms. The molecule has 0 aliphatic carbocycles. The summed E-state index contributed by atoms with van der Waals surface area (Å²) in [4.78, 5) is 39.3. The Balaban J connectivity index is 1.24. The van der Waals surface area contributed by atoms with Crippen LogP contribution in [0.5, 0.6) is 0 Å². The predicted octanol–water partition coefficient (Wildman–Crippen LogP) is 0.792. The van der Waals surface area contributed by atoms with Crippen molar-refractivity contribution in [3.05, 3.63) is 51.2 Å². The molecular formula is C26H31N11O5S2. The number of ether oxygens (including phenoxy) is 1. The highest BCUT2D eigenvalue weighted by Crippen LogP contribution is 2.29. The van der Waals surface area contributed by atoms with Gasteiger partial charge in [-0.05, 0) is 37.6 Å². The third-order valence-electron chi connectivity index (χ3n) is 7.76. The van der Waals surface area contributed by atoms with Crippen LogP contribution in [0, 0.1) is 0 Å². The number of hydrogen-bond donors (Lipinski definition) is 4. The molecule has 1 aromatic carbocycles. The normalized spacial score (nSPS) is 19.7. The number of nitrogens with two attached hydrogens (primary N) is 1. The summed E-state index contributed by atoms with van der Waals surface area (Å²) >= 11 is 1.39. The van der Waals surface area contributed by atoms with Gasteiger partial charge >= 0.3 is 6.09 Å². The van der Waals surface area contributed by atoms with Crippen LogP contribution in [0.25, 0.3) is 10.9 Å². The van der Waals surface area contributed by atoms with E-state index in [2.05, 4.69) is 52.6 Å². The lowest BCUT2D eigenvalue weighted by atomic mass is 10.1. The lowest BCUT2D eigenvalue weighted by molar-refractivity contribution is 0.0549. The molecule has 16 nitrogen and oxygen atoms in total. The second-order valence-corrected chi connectivity index (χ2v) is 13.6. The number of benzene rings is 1. The van der Waals surface area contributed by atoms with Gasteiger partial charge in [-0.15, -0.1) is 21.5 Å². The molecule has 2 unspecified atom stereocenters. The first kappa shape index (κ1) is 29.8. The van der Waals surface area contributed by atoms with Crippen LogP contribution in [0.4, 0.5) is 4.79 Å². The molecule has 0 spiro atoms. The Hall–Kier alpha value is -4.26. The van der Waals surface area contributed by atoms with Gasteiger partial charge in [0.1, 0.15) is 10.9 Å². The molecule has 3 aromatic heterocycles. The summed E-state index contributed by atoms with van der Waals surface area (Å²) in [7, 11) is -2.78. The first-order valence-electron chi connectivity index (χ1n) is 13.9. The molecule has 0 bridgehead atoms. The number of nitrogens with zero attached hydrogens (tertiary/aromatic N) is 7. The second-order valence-electron chi connectivity index (χ2n) is 10.7. The van der Waals surface area contributed by atoms with Crippen LogP contribution in [0.2, 0.25) is 0 Å². The van der Waals surface area contributed by atoms with E-state index in [-0.39, 0.29) is 42.4 Å². The van der Waals surface area contributed by atoms with Crippen molar-refractivity contribution >= 4 is 50.1 Å². The van der Waals surface area contributed by atoms with Crippen LogP contribution in [0.1, 0.15) is 45.1 Å². The average molecular weight is 642 g/mol. The number of nitrogens with one attached hydrogen (secondary N) is 3. The highest BCUT2D eigenvalue weighted by molar-refractivity contribution is 7.89. The predicted molar refractivity (Wildman–Crippen MR) is 160 cm³/mol. The number of amidine groups is 1. The lowest BCUT2D eigenvalue weighted by Crippen LogP contribution is -2.56. The van der Waals surface area contributed by atoms with Gasteiger partial charge in [0, 0.05) is 72.4 Å². The standard InChI is InChI=1S/C26H31N11O5S2/c1-14-9-19-20(12-28-14)43-24(30-19)25(38)37-8-7-36(13-17(37)4-6-21-32-34-35-33-21)44(40,41)22-11-16-10-15(3-5-18(16)29-22)23(27)31-26(39)42-2/h3,5,10-11,14,17,28-29H,4,6-9,12-13H2,1-2H3,(H2,27,31,39)(H,32,33,34,35). The number of rotatable bonds is 7. The van der Waals surface area contributed by atoms with E-state index in [1.807, 2.05) is 0 Å². The number of aromatic amines is 2. The number of thiazole rings is 1. The average Bonchev–Trinajstić information content (AvgIpc) is 3.78. The first-order chi connectivity index (χ1) is 21.1. The Bertz CT molecular complexity index is 1830. The van der Waals surface area contributed by atoms with Crippen molar-refractivity contribution in [1.82, 2.24) is 45.1 Å². The molecule has 2 atom stereocenters. The number of aromatic nitrogens is 6. The van der Waals surface area contributed by atoms with Crippen LogP contribution in [0.3, 0.4) is 0 Å². The number of hydrogen-bond acceptors (Lipinski definition) is 11. The largest absolute Gasteiger partial charge is 0.451 e. The Kier molecular flexibility index (Phi) is 8.14. The molecule has 2 aliphatic heterocycles. The highest BCUT2D eigenvalue weighted by Gasteiger charge is 2.38. The minimum absolute atomic E-state index is 0.000888. The number of piperazine rings is 1. The van der Waals surface area contributed by atoms with E-state index in [0.717, 1.165) is 17.0 Å². The van der Waals surface area contributed by atoms with E-state index >= 15 is 0 Å². The fourth-order valence-corrected chi connectivity index (χ4v) is 7.90. The minimum Gasteiger partial charge on any atom is -0.451 e. The van der Waals surface area contributed by atoms with Crippen molar-refractivity contribution in [2.75, 3.05) is 26.7 Å². The third-order valence-corrected chi connectivity index (χ3v) is 10.6. The molecule has 2 aliphatic rings. The van der Waals surface area contributed by atoms with E-state index in [1.165, 1.54) is 28.8 Å². The van der Waals surface area contributed by atoms with Gasteiger partial charge < -0.3 is 25.7 Å². The maximum atomic E-state index is 13.9. The number of carbonyl (C=O) groups excluding carboxylic acids is 2. The van der Waals surface area contributed by atoms with E-state index in [1.54, 1.807) is 23.1 Å². The molecule has 1 saturated heterocycles. The third kappa shape index (κ3) is 5.92. The van der Waals surface area contributed by atoms with Crippen LogP contribution < -0.4 is 11.1 Å². The molecular weight excluding hydrogens is 610 g/mol. The van der Waals surface area contributed by atoms with E-state index in [4.69, 9.17) is 5.73 Å². The molecule has 4 aromatic rings. The van der Waals surface area contributed by atoms with Crippen molar-refractivity contribution in [3.8, 4) is 0 Å². The summed E-state index contributed by atoms with van der Waals surface area (Å²) < 4.78 is 33.7. The zero-order chi connectivity index (χ0) is 31.0. The first-order valence-corrected chi connectivity index (χ1v) is 16.2. The fourth-order valence-electron chi connectivity index (χ4n) is 5.42. The van der Waals surface area contributed by atoms with Gasteiger partial charge in [0.2, 0.25) is 0 Å². The van der Waals surface area contributed by atoms with Gasteiger partial charge in [-0.1, -0.05) is 5.21 Å². The van der Waals surface area contributed by atoms with Crippen molar-refractivity contribution < 1.29 is 22.7 Å². The molecule has 0 radical (unpaired) electrons. The summed E-state index contributed by atoms with van der Waals surface area (Å²) in [6.45, 7) is 3.13. The van der Waals surface area contributed by atoms with E-state index < -0.39 is 22.2 Å². The van der Waals surface area contributed by atoms with Crippen LogP contribution in [0.15, 0.2) is 34.3 Å². The minimum atomic E-state index is -3.97. The summed E-state index contributed by atoms with van der Waals surface area (Å²) in [6, 6.07) is 6.28. The van der Waals surface area contributed by atoms with Gasteiger partial charge in [0.05, 0.1) is 12.8 Å². The van der Waals surface area contributed by atoms with Crippen molar-refractivity contribution in [2.24, 2.45) is 10.7 Å². The smallest absolute Gasteiger partial charge is 0.435 e. The van der Waals surface area contributed by atoms with E-state index in [0.29, 0.717) is 46.7 Å². The van der Waals surface area contributed by atoms with Crippen LogP contribution >= 0.6 is 11.3 Å². The number of carbonyl (C=O) groups is 2. The monoisotopic (exact) mass is 641 g/mol. The van der Waals surface area contributed by atoms with Crippen LogP contribution in [-0.4, -0.2) is 105 Å². The van der Waals surface area contributed by atoms with Gasteiger partial charge in [-0.25, -0.2) is 18.2 Å². The Morgan fingerprint density at radius 1 is 1.25 bits per heavy atom. The topological polar surface area (TPSA) is 218 Å². The second kappa shape index (κ2) is 12.0. The van der Waals surface area contributed by atoms with Crippen molar-refractivity contribution in [3.63, 3.8) is 0 Å². The van der Waals surface area contributed by atoms with Crippen molar-refractivity contribution in [2.45, 2.75) is 49.8 Å². The molecule has 6 rings (SSSR count). The summed E-state index contributed by atoms with van der Waals surface area (Å²) in [5.74, 6) is 0.210. The Labute approximate surface area is 256 Å². The molecule has 18 heteroatoms. The van der Waals surface area contributed by atoms with Crippen LogP contribution in [-0.2, 0) is 34.1 Å². The number of amides is 2. The molecule has 1 fully saturated rings. The zero-order valence-electron chi connectivity index (χ0n) is 24.0. The number of sulfonamides is 1. The molecule has 5 N–H and O–H groups in total. The maximum absolute atomic E-state index is 13.9. The van der Waals surface area contributed by atoms with Gasteiger partial charge in [0.15, 0.2) is 10.8 Å². The molecule has 232 valence electrons. The number of aliphatic imine (C=N–C) groups is 1. The number of aryl methyl sites for hydroxylation is 1. The number of tetrazole rings is 1. The quantitative estimate of drug-likeness (QED) is 0.163. The Morgan fingerprint density at radius 3 is 2.86 bits per heavy atom. The number of fused-ring (bicyclic) bond motifs is 2. The number of methoxy groups -OCH3 is 1. The van der Waals surface area contributed by atoms with Crippen molar-refractivity contribution in [1.29, 1.82) is 0 Å². The van der Waals surface area contributed by atoms with E-state index in [9.17, 15) is 18.0 Å². The summed E-state index contributed by atoms with van der Waals surface area (Å²) in [5.41, 5.74) is 7.87. The Morgan fingerprint density at radius 2 is 2.09 bits per heavy atom. The van der Waals surface area contributed by atoms with Gasteiger partial charge in [-0.2, -0.15) is 14.5 Å². The highest BCUT2D eigenvalue weighted by atomic mass is 32.2. The molecule has 5 heterocycles. The fraction of sp³-hybridized carbons (Fsp3) is 0.423. The maximum Gasteiger partial charge on any atom is 0.435 e. The zero-order valence-corrected chi connectivity index (χ0v) is 25.6. The van der Waals surface area contributed by atoms with Gasteiger partial charge in [-0.3, -0.25) is 4.79 Å².